The Bertz CT molecular complexity index is 623. The molecule has 0 heterocycles. The van der Waals surface area contributed by atoms with Crippen LogP contribution >= 0.6 is 0 Å². The van der Waals surface area contributed by atoms with Crippen molar-refractivity contribution < 1.29 is 0 Å². The second-order valence-electron chi connectivity index (χ2n) is 6.46. The summed E-state index contributed by atoms with van der Waals surface area (Å²) in [5.74, 6) is 0. The molecule has 0 spiro atoms. The van der Waals surface area contributed by atoms with Gasteiger partial charge in [-0.3, -0.25) is 4.99 Å². The lowest BCUT2D eigenvalue weighted by atomic mass is 9.96. The van der Waals surface area contributed by atoms with Gasteiger partial charge in [-0.05, 0) is 29.9 Å². The van der Waals surface area contributed by atoms with Gasteiger partial charge in [0.05, 0.1) is 5.54 Å². The zero-order valence-corrected chi connectivity index (χ0v) is 12.4. The van der Waals surface area contributed by atoms with Gasteiger partial charge in [-0.2, -0.15) is 0 Å². The standard InChI is InChI=1S/C19H21N/c1-15-9-11-17(12-10-15)19(14-18(19,2)3)20-13-16-7-5-4-6-8-16/h4-13H,14H2,1-3H3. The van der Waals surface area contributed by atoms with Crippen LogP contribution in [0, 0.1) is 12.3 Å². The van der Waals surface area contributed by atoms with Crippen LogP contribution in [0.4, 0.5) is 0 Å². The number of nitrogens with zero attached hydrogens (tertiary/aromatic N) is 1. The lowest BCUT2D eigenvalue weighted by Gasteiger charge is -2.17. The molecule has 3 rings (SSSR count). The molecule has 0 saturated heterocycles. The highest BCUT2D eigenvalue weighted by Gasteiger charge is 2.62. The minimum Gasteiger partial charge on any atom is -0.281 e. The number of hydrogen-bond acceptors (Lipinski definition) is 1. The smallest absolute Gasteiger partial charge is 0.0914 e. The van der Waals surface area contributed by atoms with E-state index in [1.807, 2.05) is 12.3 Å². The summed E-state index contributed by atoms with van der Waals surface area (Å²) in [5.41, 5.74) is 4.00. The number of rotatable bonds is 3. The largest absolute Gasteiger partial charge is 0.281 e. The molecule has 1 heteroatoms. The summed E-state index contributed by atoms with van der Waals surface area (Å²) < 4.78 is 0. The quantitative estimate of drug-likeness (QED) is 0.709. The average Bonchev–Trinajstić information content (AvgIpc) is 3.02. The van der Waals surface area contributed by atoms with Crippen molar-refractivity contribution in [2.45, 2.75) is 32.7 Å². The average molecular weight is 263 g/mol. The van der Waals surface area contributed by atoms with Gasteiger partial charge in [-0.25, -0.2) is 0 Å². The molecule has 0 amide bonds. The lowest BCUT2D eigenvalue weighted by molar-refractivity contribution is 0.514. The van der Waals surface area contributed by atoms with E-state index in [1.165, 1.54) is 16.7 Å². The first-order valence-electron chi connectivity index (χ1n) is 7.21. The van der Waals surface area contributed by atoms with Gasteiger partial charge in [0.2, 0.25) is 0 Å². The Labute approximate surface area is 121 Å². The van der Waals surface area contributed by atoms with E-state index in [2.05, 4.69) is 69.3 Å². The Balaban J connectivity index is 1.94. The van der Waals surface area contributed by atoms with Crippen molar-refractivity contribution in [1.29, 1.82) is 0 Å². The molecule has 1 aliphatic carbocycles. The van der Waals surface area contributed by atoms with E-state index in [-0.39, 0.29) is 11.0 Å². The molecule has 1 fully saturated rings. The summed E-state index contributed by atoms with van der Waals surface area (Å²) in [6.45, 7) is 6.73. The topological polar surface area (TPSA) is 12.4 Å². The maximum atomic E-state index is 4.97. The van der Waals surface area contributed by atoms with E-state index >= 15 is 0 Å². The molecule has 0 N–H and O–H groups in total. The van der Waals surface area contributed by atoms with Crippen molar-refractivity contribution in [3.63, 3.8) is 0 Å². The Kier molecular flexibility index (Phi) is 3.01. The van der Waals surface area contributed by atoms with Crippen LogP contribution in [-0.4, -0.2) is 6.21 Å². The van der Waals surface area contributed by atoms with Gasteiger partial charge < -0.3 is 0 Å². The minimum absolute atomic E-state index is 0.0451. The summed E-state index contributed by atoms with van der Waals surface area (Å²) in [5, 5.41) is 0. The fourth-order valence-electron chi connectivity index (χ4n) is 2.94. The van der Waals surface area contributed by atoms with Crippen molar-refractivity contribution in [3.8, 4) is 0 Å². The third-order valence-corrected chi connectivity index (χ3v) is 4.46. The predicted molar refractivity (Wildman–Crippen MR) is 85.3 cm³/mol. The van der Waals surface area contributed by atoms with Crippen molar-refractivity contribution in [2.24, 2.45) is 10.4 Å². The van der Waals surface area contributed by atoms with Gasteiger partial charge in [-0.15, -0.1) is 0 Å². The second kappa shape index (κ2) is 4.59. The molecule has 1 aliphatic rings. The van der Waals surface area contributed by atoms with Gasteiger partial charge in [0, 0.05) is 6.21 Å². The highest BCUT2D eigenvalue weighted by atomic mass is 15.0. The normalized spacial score (nSPS) is 23.9. The lowest BCUT2D eigenvalue weighted by Crippen LogP contribution is -2.12. The van der Waals surface area contributed by atoms with Crippen LogP contribution in [0.1, 0.15) is 37.0 Å². The predicted octanol–water partition coefficient (Wildman–Crippen LogP) is 4.74. The molecule has 0 aliphatic heterocycles. The Morgan fingerprint density at radius 1 is 0.950 bits per heavy atom. The van der Waals surface area contributed by atoms with Crippen LogP contribution in [0.15, 0.2) is 59.6 Å². The summed E-state index contributed by atoms with van der Waals surface area (Å²) in [7, 11) is 0. The highest BCUT2D eigenvalue weighted by molar-refractivity contribution is 5.80. The van der Waals surface area contributed by atoms with Crippen LogP contribution in [-0.2, 0) is 5.54 Å². The van der Waals surface area contributed by atoms with E-state index in [9.17, 15) is 0 Å². The van der Waals surface area contributed by atoms with Gasteiger partial charge in [0.15, 0.2) is 0 Å². The van der Waals surface area contributed by atoms with E-state index < -0.39 is 0 Å². The summed E-state index contributed by atoms with van der Waals surface area (Å²) >= 11 is 0. The minimum atomic E-state index is -0.0451. The Morgan fingerprint density at radius 2 is 1.55 bits per heavy atom. The maximum absolute atomic E-state index is 4.97. The van der Waals surface area contributed by atoms with Crippen molar-refractivity contribution in [1.82, 2.24) is 0 Å². The molecular formula is C19H21N. The van der Waals surface area contributed by atoms with Crippen LogP contribution < -0.4 is 0 Å². The molecule has 1 atom stereocenters. The molecule has 1 unspecified atom stereocenters. The molecule has 2 aromatic carbocycles. The van der Waals surface area contributed by atoms with E-state index in [0.717, 1.165) is 6.42 Å². The molecular weight excluding hydrogens is 242 g/mol. The maximum Gasteiger partial charge on any atom is 0.0914 e. The first-order valence-corrected chi connectivity index (χ1v) is 7.21. The van der Waals surface area contributed by atoms with Crippen LogP contribution in [0.3, 0.4) is 0 Å². The number of aliphatic imine (C=N–C) groups is 1. The van der Waals surface area contributed by atoms with E-state index in [0.29, 0.717) is 0 Å². The number of aryl methyl sites for hydroxylation is 1. The third kappa shape index (κ3) is 2.18. The first kappa shape index (κ1) is 13.1. The van der Waals surface area contributed by atoms with Crippen LogP contribution in [0.5, 0.6) is 0 Å². The third-order valence-electron chi connectivity index (χ3n) is 4.46. The summed E-state index contributed by atoms with van der Waals surface area (Å²) in [6.07, 6.45) is 3.14. The summed E-state index contributed by atoms with van der Waals surface area (Å²) in [6, 6.07) is 19.2. The monoisotopic (exact) mass is 263 g/mol. The fraction of sp³-hybridized carbons (Fsp3) is 0.316. The molecule has 1 saturated carbocycles. The van der Waals surface area contributed by atoms with E-state index in [1.54, 1.807) is 0 Å². The number of benzene rings is 2. The zero-order valence-electron chi connectivity index (χ0n) is 12.4. The molecule has 20 heavy (non-hydrogen) atoms. The van der Waals surface area contributed by atoms with Crippen molar-refractivity contribution in [2.75, 3.05) is 0 Å². The fourth-order valence-corrected chi connectivity index (χ4v) is 2.94. The van der Waals surface area contributed by atoms with Gasteiger partial charge in [-0.1, -0.05) is 74.0 Å². The van der Waals surface area contributed by atoms with Crippen LogP contribution in [0.25, 0.3) is 0 Å². The van der Waals surface area contributed by atoms with Crippen molar-refractivity contribution in [3.05, 3.63) is 71.3 Å². The van der Waals surface area contributed by atoms with Gasteiger partial charge in [0.1, 0.15) is 0 Å². The second-order valence-corrected chi connectivity index (χ2v) is 6.46. The van der Waals surface area contributed by atoms with Crippen LogP contribution in [0.2, 0.25) is 0 Å². The molecule has 0 radical (unpaired) electrons. The number of hydrogen-bond donors (Lipinski definition) is 0. The van der Waals surface area contributed by atoms with Gasteiger partial charge >= 0.3 is 0 Å². The molecule has 0 bridgehead atoms. The molecule has 102 valence electrons. The molecule has 1 nitrogen and oxygen atoms in total. The first-order chi connectivity index (χ1) is 9.53. The van der Waals surface area contributed by atoms with E-state index in [4.69, 9.17) is 4.99 Å². The Morgan fingerprint density at radius 3 is 2.10 bits per heavy atom. The van der Waals surface area contributed by atoms with Gasteiger partial charge in [0.25, 0.3) is 0 Å². The highest BCUT2D eigenvalue weighted by Crippen LogP contribution is 2.65. The van der Waals surface area contributed by atoms with Crippen molar-refractivity contribution >= 4 is 6.21 Å². The Hall–Kier alpha value is -1.89. The molecule has 0 aromatic heterocycles. The zero-order chi connectivity index (χ0) is 14.2. The molecule has 2 aromatic rings. The SMILES string of the molecule is Cc1ccc(C2(N=Cc3ccccc3)CC2(C)C)cc1. The summed E-state index contributed by atoms with van der Waals surface area (Å²) in [4.78, 5) is 4.97.